The standard InChI is InChI=1S/C18H25N3O4/c1-5-7-21-13(2)9-15(14(21)3)10-16(11-19)18(23)25-12-17(22)20-6-8-24-4/h9-10H,5-8,12H2,1-4H3,(H,20,22)/b16-10+. The van der Waals surface area contributed by atoms with Crippen molar-refractivity contribution in [3.05, 3.63) is 28.6 Å². The van der Waals surface area contributed by atoms with Crippen LogP contribution in [-0.4, -0.2) is 43.3 Å². The number of carbonyl (C=O) groups excluding carboxylic acids is 2. The lowest BCUT2D eigenvalue weighted by molar-refractivity contribution is -0.144. The zero-order chi connectivity index (χ0) is 18.8. The van der Waals surface area contributed by atoms with E-state index in [-0.39, 0.29) is 5.57 Å². The van der Waals surface area contributed by atoms with E-state index in [0.29, 0.717) is 13.2 Å². The van der Waals surface area contributed by atoms with Crippen LogP contribution >= 0.6 is 0 Å². The third kappa shape index (κ3) is 6.08. The lowest BCUT2D eigenvalue weighted by Crippen LogP contribution is -2.31. The molecule has 136 valence electrons. The topological polar surface area (TPSA) is 93.4 Å². The summed E-state index contributed by atoms with van der Waals surface area (Å²) in [4.78, 5) is 23.5. The number of ether oxygens (including phenoxy) is 2. The lowest BCUT2D eigenvalue weighted by atomic mass is 10.1. The highest BCUT2D eigenvalue weighted by molar-refractivity contribution is 5.99. The van der Waals surface area contributed by atoms with Crippen molar-refractivity contribution in [2.45, 2.75) is 33.7 Å². The van der Waals surface area contributed by atoms with Crippen molar-refractivity contribution >= 4 is 18.0 Å². The number of nitrogens with zero attached hydrogens (tertiary/aromatic N) is 2. The number of amides is 1. The Bertz CT molecular complexity index is 683. The number of carbonyl (C=O) groups is 2. The van der Waals surface area contributed by atoms with Crippen molar-refractivity contribution in [2.75, 3.05) is 26.9 Å². The summed E-state index contributed by atoms with van der Waals surface area (Å²) in [6.07, 6.45) is 2.49. The summed E-state index contributed by atoms with van der Waals surface area (Å²) in [5.41, 5.74) is 2.71. The summed E-state index contributed by atoms with van der Waals surface area (Å²) in [5.74, 6) is -1.26. The van der Waals surface area contributed by atoms with Crippen LogP contribution < -0.4 is 5.32 Å². The van der Waals surface area contributed by atoms with Crippen LogP contribution in [0.15, 0.2) is 11.6 Å². The summed E-state index contributed by atoms with van der Waals surface area (Å²) in [6.45, 7) is 7.15. The zero-order valence-electron chi connectivity index (χ0n) is 15.2. The first-order valence-electron chi connectivity index (χ1n) is 8.15. The van der Waals surface area contributed by atoms with E-state index in [0.717, 1.165) is 29.9 Å². The zero-order valence-corrected chi connectivity index (χ0v) is 15.2. The Morgan fingerprint density at radius 2 is 2.12 bits per heavy atom. The Hall–Kier alpha value is -2.59. The van der Waals surface area contributed by atoms with Gasteiger partial charge in [-0.1, -0.05) is 6.92 Å². The molecule has 0 aliphatic rings. The number of aryl methyl sites for hydroxylation is 1. The molecular formula is C18H25N3O4. The number of hydrogen-bond donors (Lipinski definition) is 1. The maximum Gasteiger partial charge on any atom is 0.349 e. The van der Waals surface area contributed by atoms with Crippen molar-refractivity contribution in [3.63, 3.8) is 0 Å². The molecule has 1 amide bonds. The number of rotatable bonds is 9. The maximum atomic E-state index is 12.0. The van der Waals surface area contributed by atoms with Gasteiger partial charge in [0.05, 0.1) is 6.61 Å². The molecule has 25 heavy (non-hydrogen) atoms. The number of aromatic nitrogens is 1. The first-order chi connectivity index (χ1) is 11.9. The van der Waals surface area contributed by atoms with Crippen LogP contribution in [0.2, 0.25) is 0 Å². The second-order valence-electron chi connectivity index (χ2n) is 5.57. The number of methoxy groups -OCH3 is 1. The summed E-state index contributed by atoms with van der Waals surface area (Å²) in [7, 11) is 1.52. The average molecular weight is 347 g/mol. The van der Waals surface area contributed by atoms with Gasteiger partial charge in [-0.15, -0.1) is 0 Å². The SMILES string of the molecule is CCCn1c(C)cc(/C=C(\C#N)C(=O)OCC(=O)NCCOC)c1C. The minimum atomic E-state index is -0.815. The molecule has 7 nitrogen and oxygen atoms in total. The molecule has 1 aromatic rings. The number of esters is 1. The molecule has 0 radical (unpaired) electrons. The molecule has 0 saturated heterocycles. The highest BCUT2D eigenvalue weighted by Crippen LogP contribution is 2.19. The number of nitriles is 1. The lowest BCUT2D eigenvalue weighted by Gasteiger charge is -2.07. The molecule has 0 fully saturated rings. The van der Waals surface area contributed by atoms with E-state index in [1.165, 1.54) is 13.2 Å². The normalized spacial score (nSPS) is 11.1. The second-order valence-corrected chi connectivity index (χ2v) is 5.57. The highest BCUT2D eigenvalue weighted by atomic mass is 16.5. The predicted octanol–water partition coefficient (Wildman–Crippen LogP) is 1.73. The van der Waals surface area contributed by atoms with Gasteiger partial charge in [0.1, 0.15) is 11.6 Å². The summed E-state index contributed by atoms with van der Waals surface area (Å²) in [5, 5.41) is 11.8. The fourth-order valence-electron chi connectivity index (χ4n) is 2.39. The fourth-order valence-corrected chi connectivity index (χ4v) is 2.39. The monoisotopic (exact) mass is 347 g/mol. The Morgan fingerprint density at radius 3 is 2.72 bits per heavy atom. The first-order valence-corrected chi connectivity index (χ1v) is 8.15. The van der Waals surface area contributed by atoms with Crippen LogP contribution in [0.1, 0.15) is 30.3 Å². The van der Waals surface area contributed by atoms with Gasteiger partial charge in [0.25, 0.3) is 5.91 Å². The van der Waals surface area contributed by atoms with Gasteiger partial charge in [0, 0.05) is 31.6 Å². The molecule has 7 heteroatoms. The van der Waals surface area contributed by atoms with E-state index in [1.54, 1.807) is 0 Å². The Kier molecular flexibility index (Phi) is 8.44. The van der Waals surface area contributed by atoms with Crippen molar-refractivity contribution in [2.24, 2.45) is 0 Å². The van der Waals surface area contributed by atoms with Crippen LogP contribution in [0.3, 0.4) is 0 Å². The van der Waals surface area contributed by atoms with Gasteiger partial charge in [-0.3, -0.25) is 4.79 Å². The molecule has 0 aromatic carbocycles. The molecule has 0 saturated carbocycles. The van der Waals surface area contributed by atoms with Gasteiger partial charge >= 0.3 is 5.97 Å². The van der Waals surface area contributed by atoms with Crippen molar-refractivity contribution in [1.29, 1.82) is 5.26 Å². The van der Waals surface area contributed by atoms with Crippen LogP contribution in [0, 0.1) is 25.2 Å². The molecule has 0 unspecified atom stereocenters. The van der Waals surface area contributed by atoms with Crippen molar-refractivity contribution in [3.8, 4) is 6.07 Å². The van der Waals surface area contributed by atoms with Crippen LogP contribution in [0.4, 0.5) is 0 Å². The van der Waals surface area contributed by atoms with Gasteiger partial charge < -0.3 is 19.4 Å². The van der Waals surface area contributed by atoms with E-state index < -0.39 is 18.5 Å². The molecule has 0 atom stereocenters. The highest BCUT2D eigenvalue weighted by Gasteiger charge is 2.15. The third-order valence-electron chi connectivity index (χ3n) is 3.66. The number of hydrogen-bond acceptors (Lipinski definition) is 5. The molecule has 1 rings (SSSR count). The number of nitrogens with one attached hydrogen (secondary N) is 1. The molecule has 1 aromatic heterocycles. The Balaban J connectivity index is 2.76. The van der Waals surface area contributed by atoms with Crippen molar-refractivity contribution in [1.82, 2.24) is 9.88 Å². The third-order valence-corrected chi connectivity index (χ3v) is 3.66. The molecule has 0 bridgehead atoms. The fraction of sp³-hybridized carbons (Fsp3) is 0.500. The molecule has 1 heterocycles. The smallest absolute Gasteiger partial charge is 0.349 e. The van der Waals surface area contributed by atoms with E-state index in [1.807, 2.05) is 26.0 Å². The van der Waals surface area contributed by atoms with Crippen molar-refractivity contribution < 1.29 is 19.1 Å². The summed E-state index contributed by atoms with van der Waals surface area (Å²) >= 11 is 0. The minimum Gasteiger partial charge on any atom is -0.451 e. The molecular weight excluding hydrogens is 322 g/mol. The van der Waals surface area contributed by atoms with E-state index in [4.69, 9.17) is 9.47 Å². The summed E-state index contributed by atoms with van der Waals surface area (Å²) < 4.78 is 11.8. The quantitative estimate of drug-likeness (QED) is 0.318. The van der Waals surface area contributed by atoms with E-state index in [2.05, 4.69) is 16.8 Å². The van der Waals surface area contributed by atoms with Gasteiger partial charge in [-0.2, -0.15) is 5.26 Å². The largest absolute Gasteiger partial charge is 0.451 e. The van der Waals surface area contributed by atoms with Crippen LogP contribution in [0.25, 0.3) is 6.08 Å². The predicted molar refractivity (Wildman–Crippen MR) is 93.6 cm³/mol. The van der Waals surface area contributed by atoms with Gasteiger partial charge in [0.15, 0.2) is 6.61 Å². The Morgan fingerprint density at radius 1 is 1.40 bits per heavy atom. The van der Waals surface area contributed by atoms with E-state index in [9.17, 15) is 14.9 Å². The van der Waals surface area contributed by atoms with E-state index >= 15 is 0 Å². The van der Waals surface area contributed by atoms with Gasteiger partial charge in [-0.25, -0.2) is 4.79 Å². The van der Waals surface area contributed by atoms with Crippen LogP contribution in [0.5, 0.6) is 0 Å². The van der Waals surface area contributed by atoms with Crippen LogP contribution in [-0.2, 0) is 25.6 Å². The minimum absolute atomic E-state index is 0.138. The maximum absolute atomic E-state index is 12.0. The molecule has 0 aliphatic carbocycles. The molecule has 1 N–H and O–H groups in total. The Labute approximate surface area is 148 Å². The van der Waals surface area contributed by atoms with Gasteiger partial charge in [0.2, 0.25) is 0 Å². The molecule has 0 aliphatic heterocycles. The van der Waals surface area contributed by atoms with Gasteiger partial charge in [-0.05, 0) is 38.0 Å². The second kappa shape index (κ2) is 10.3. The average Bonchev–Trinajstić information content (AvgIpc) is 2.85. The summed E-state index contributed by atoms with van der Waals surface area (Å²) in [6, 6.07) is 3.76. The first kappa shape index (κ1) is 20.5. The molecule has 0 spiro atoms.